The number of rotatable bonds is 3. The van der Waals surface area contributed by atoms with Crippen LogP contribution in [-0.2, 0) is 0 Å². The van der Waals surface area contributed by atoms with Gasteiger partial charge in [-0.1, -0.05) is 76.9 Å². The minimum absolute atomic E-state index is 0.488. The van der Waals surface area contributed by atoms with Gasteiger partial charge in [0.1, 0.15) is 7.74 Å². The van der Waals surface area contributed by atoms with Crippen LogP contribution in [0.3, 0.4) is 0 Å². The van der Waals surface area contributed by atoms with Crippen molar-refractivity contribution in [1.82, 2.24) is 0 Å². The van der Waals surface area contributed by atoms with Gasteiger partial charge in [0, 0.05) is 0 Å². The molecule has 17 heavy (non-hydrogen) atoms. The first kappa shape index (κ1) is 15.4. The van der Waals surface area contributed by atoms with Crippen LogP contribution in [0.25, 0.3) is 0 Å². The lowest BCUT2D eigenvalue weighted by Gasteiger charge is -2.32. The summed E-state index contributed by atoms with van der Waals surface area (Å²) in [6.07, 6.45) is 7.54. The smallest absolute Gasteiger partial charge is 0.104 e. The molecule has 0 aromatic rings. The van der Waals surface area contributed by atoms with E-state index in [9.17, 15) is 0 Å². The van der Waals surface area contributed by atoms with Crippen LogP contribution >= 0.6 is 8.13 Å². The second-order valence-corrected chi connectivity index (χ2v) is 23.3. The van der Waals surface area contributed by atoms with E-state index in [0.717, 1.165) is 13.7 Å². The minimum atomic E-state index is -1.20. The Morgan fingerprint density at radius 1 is 1.06 bits per heavy atom. The Morgan fingerprint density at radius 3 is 1.94 bits per heavy atom. The van der Waals surface area contributed by atoms with Gasteiger partial charge in [-0.05, 0) is 10.7 Å². The molecular formula is C14H29PSi2. The molecule has 98 valence electrons. The van der Waals surface area contributed by atoms with Crippen molar-refractivity contribution in [3.05, 3.63) is 23.4 Å². The SMILES string of the molecule is CC(C)(C)P[Si](C)(C)C1=CC([Si](C)(C)C)C=C1. The van der Waals surface area contributed by atoms with Crippen LogP contribution in [-0.4, -0.2) is 21.0 Å². The van der Waals surface area contributed by atoms with Crippen LogP contribution in [0.5, 0.6) is 0 Å². The monoisotopic (exact) mass is 284 g/mol. The molecule has 0 saturated carbocycles. The Hall–Kier alpha value is 0.344. The zero-order valence-corrected chi connectivity index (χ0v) is 15.8. The van der Waals surface area contributed by atoms with Gasteiger partial charge in [0.2, 0.25) is 0 Å². The van der Waals surface area contributed by atoms with Crippen molar-refractivity contribution in [3.8, 4) is 0 Å². The van der Waals surface area contributed by atoms with E-state index in [1.807, 2.05) is 0 Å². The van der Waals surface area contributed by atoms with E-state index >= 15 is 0 Å². The third-order valence-corrected chi connectivity index (χ3v) is 13.8. The highest BCUT2D eigenvalue weighted by molar-refractivity contribution is 7.84. The van der Waals surface area contributed by atoms with E-state index in [4.69, 9.17) is 0 Å². The fraction of sp³-hybridized carbons (Fsp3) is 0.714. The molecule has 2 unspecified atom stereocenters. The predicted molar refractivity (Wildman–Crippen MR) is 89.9 cm³/mol. The molecule has 0 radical (unpaired) electrons. The molecule has 2 atom stereocenters. The third-order valence-electron chi connectivity index (χ3n) is 3.25. The van der Waals surface area contributed by atoms with Gasteiger partial charge in [0.25, 0.3) is 0 Å². The number of hydrogen-bond donors (Lipinski definition) is 0. The van der Waals surface area contributed by atoms with Crippen molar-refractivity contribution < 1.29 is 0 Å². The zero-order chi connectivity index (χ0) is 13.5. The first-order valence-electron chi connectivity index (χ1n) is 6.62. The molecule has 0 spiro atoms. The van der Waals surface area contributed by atoms with Gasteiger partial charge < -0.3 is 0 Å². The molecule has 0 fully saturated rings. The van der Waals surface area contributed by atoms with Crippen LogP contribution in [0.4, 0.5) is 0 Å². The molecule has 0 bridgehead atoms. The van der Waals surface area contributed by atoms with Crippen LogP contribution in [0.1, 0.15) is 20.8 Å². The van der Waals surface area contributed by atoms with Crippen molar-refractivity contribution in [2.45, 2.75) is 64.2 Å². The predicted octanol–water partition coefficient (Wildman–Crippen LogP) is 5.41. The molecule has 1 rings (SSSR count). The maximum atomic E-state index is 2.61. The second kappa shape index (κ2) is 4.79. The molecule has 0 amide bonds. The first-order chi connectivity index (χ1) is 7.42. The van der Waals surface area contributed by atoms with Gasteiger partial charge >= 0.3 is 0 Å². The van der Waals surface area contributed by atoms with Crippen LogP contribution < -0.4 is 0 Å². The lowest BCUT2D eigenvalue weighted by Crippen LogP contribution is -2.28. The molecule has 1 aliphatic rings. The lowest BCUT2D eigenvalue weighted by molar-refractivity contribution is 0.800. The minimum Gasteiger partial charge on any atom is -0.123 e. The van der Waals surface area contributed by atoms with Crippen molar-refractivity contribution in [2.24, 2.45) is 0 Å². The van der Waals surface area contributed by atoms with Gasteiger partial charge in [-0.25, -0.2) is 0 Å². The maximum Gasteiger partial charge on any atom is 0.104 e. The Bertz CT molecular complexity index is 340. The standard InChI is InChI=1S/C14H29PSi2/c1-14(2,3)15-17(7,8)13-10-9-12(11-13)16(4,5)6/h9-12,15H,1-8H3. The molecule has 0 aromatic carbocycles. The molecule has 0 heterocycles. The molecule has 1 aliphatic carbocycles. The normalized spacial score (nSPS) is 22.6. The quantitative estimate of drug-likeness (QED) is 0.480. The average Bonchev–Trinajstić information content (AvgIpc) is 2.44. The maximum absolute atomic E-state index is 2.61. The van der Waals surface area contributed by atoms with Crippen LogP contribution in [0.2, 0.25) is 38.3 Å². The van der Waals surface area contributed by atoms with Crippen LogP contribution in [0.15, 0.2) is 23.4 Å². The molecule has 0 nitrogen and oxygen atoms in total. The third kappa shape index (κ3) is 4.50. The summed E-state index contributed by atoms with van der Waals surface area (Å²) in [5.74, 6) is 0. The summed E-state index contributed by atoms with van der Waals surface area (Å²) in [6.45, 7) is 19.7. The second-order valence-electron chi connectivity index (χ2n) is 7.87. The van der Waals surface area contributed by atoms with E-state index in [-0.39, 0.29) is 0 Å². The van der Waals surface area contributed by atoms with E-state index in [0.29, 0.717) is 5.16 Å². The number of allylic oxidation sites excluding steroid dienone is 4. The molecular weight excluding hydrogens is 255 g/mol. The Kier molecular flexibility index (Phi) is 4.34. The molecule has 3 heteroatoms. The summed E-state index contributed by atoms with van der Waals surface area (Å²) < 4.78 is 0. The van der Waals surface area contributed by atoms with Gasteiger partial charge in [-0.2, -0.15) is 0 Å². The fourth-order valence-corrected chi connectivity index (χ4v) is 13.7. The Labute approximate surface area is 112 Å². The summed E-state index contributed by atoms with van der Waals surface area (Å²) in [5.41, 5.74) is 0.772. The molecule has 0 aliphatic heterocycles. The summed E-state index contributed by atoms with van der Waals surface area (Å²) in [4.78, 5) is 0. The molecule has 0 saturated heterocycles. The Morgan fingerprint density at radius 2 is 1.59 bits per heavy atom. The largest absolute Gasteiger partial charge is 0.123 e. The van der Waals surface area contributed by atoms with Crippen molar-refractivity contribution in [1.29, 1.82) is 0 Å². The van der Waals surface area contributed by atoms with E-state index in [1.165, 1.54) is 0 Å². The van der Waals surface area contributed by atoms with Crippen LogP contribution in [0, 0.1) is 0 Å². The van der Waals surface area contributed by atoms with E-state index < -0.39 is 15.8 Å². The van der Waals surface area contributed by atoms with E-state index in [1.54, 1.807) is 5.20 Å². The highest BCUT2D eigenvalue weighted by atomic mass is 31.3. The highest BCUT2D eigenvalue weighted by Gasteiger charge is 2.34. The fourth-order valence-electron chi connectivity index (χ4n) is 2.48. The van der Waals surface area contributed by atoms with Crippen molar-refractivity contribution in [3.63, 3.8) is 0 Å². The van der Waals surface area contributed by atoms with Gasteiger partial charge in [0.15, 0.2) is 0 Å². The van der Waals surface area contributed by atoms with Crippen molar-refractivity contribution >= 4 is 23.9 Å². The molecule has 0 N–H and O–H groups in total. The van der Waals surface area contributed by atoms with Gasteiger partial charge in [-0.3, -0.25) is 0 Å². The topological polar surface area (TPSA) is 0 Å². The first-order valence-corrected chi connectivity index (χ1v) is 15.2. The number of hydrogen-bond acceptors (Lipinski definition) is 0. The van der Waals surface area contributed by atoms with Crippen molar-refractivity contribution in [2.75, 3.05) is 0 Å². The van der Waals surface area contributed by atoms with Gasteiger partial charge in [-0.15, -0.1) is 8.13 Å². The molecule has 0 aromatic heterocycles. The summed E-state index contributed by atoms with van der Waals surface area (Å²) in [6, 6.07) is 0. The summed E-state index contributed by atoms with van der Waals surface area (Å²) in [7, 11) is -1.13. The average molecular weight is 285 g/mol. The summed E-state index contributed by atoms with van der Waals surface area (Å²) in [5, 5.41) is 2.19. The zero-order valence-electron chi connectivity index (χ0n) is 12.8. The highest BCUT2D eigenvalue weighted by Crippen LogP contribution is 2.46. The van der Waals surface area contributed by atoms with Gasteiger partial charge in [0.05, 0.1) is 8.07 Å². The Balaban J connectivity index is 2.86. The van der Waals surface area contributed by atoms with E-state index in [2.05, 4.69) is 71.7 Å². The lowest BCUT2D eigenvalue weighted by atomic mass is 10.3. The summed E-state index contributed by atoms with van der Waals surface area (Å²) >= 11 is 0.